The Morgan fingerprint density at radius 2 is 1.68 bits per heavy atom. The number of para-hydroxylation sites is 1. The lowest BCUT2D eigenvalue weighted by molar-refractivity contribution is 0.409. The van der Waals surface area contributed by atoms with E-state index in [1.54, 1.807) is 24.3 Å². The van der Waals surface area contributed by atoms with Gasteiger partial charge in [-0.2, -0.15) is 0 Å². The van der Waals surface area contributed by atoms with Crippen LogP contribution >= 0.6 is 34.8 Å². The van der Waals surface area contributed by atoms with Gasteiger partial charge >= 0.3 is 0 Å². The van der Waals surface area contributed by atoms with Crippen LogP contribution in [-0.2, 0) is 16.6 Å². The molecule has 0 fully saturated rings. The number of benzene rings is 2. The van der Waals surface area contributed by atoms with Gasteiger partial charge in [-0.25, -0.2) is 13.1 Å². The molecule has 2 aromatic rings. The minimum atomic E-state index is -3.83. The second-order valence-electron chi connectivity index (χ2n) is 4.33. The van der Waals surface area contributed by atoms with Gasteiger partial charge in [0.05, 0.1) is 22.2 Å². The Morgan fingerprint density at radius 1 is 1.05 bits per heavy atom. The first-order valence-electron chi connectivity index (χ1n) is 6.11. The third kappa shape index (κ3) is 3.86. The van der Waals surface area contributed by atoms with Crippen LogP contribution in [0.5, 0.6) is 5.75 Å². The highest BCUT2D eigenvalue weighted by Gasteiger charge is 2.20. The van der Waals surface area contributed by atoms with E-state index in [1.165, 1.54) is 19.2 Å². The van der Waals surface area contributed by atoms with Crippen LogP contribution in [0.15, 0.2) is 41.3 Å². The zero-order valence-electron chi connectivity index (χ0n) is 11.4. The lowest BCUT2D eigenvalue weighted by Gasteiger charge is -2.11. The van der Waals surface area contributed by atoms with Crippen molar-refractivity contribution in [1.29, 1.82) is 0 Å². The summed E-state index contributed by atoms with van der Waals surface area (Å²) in [6.07, 6.45) is 0. The van der Waals surface area contributed by atoms with Crippen LogP contribution in [0.2, 0.25) is 15.1 Å². The highest BCUT2D eigenvalue weighted by molar-refractivity contribution is 7.89. The van der Waals surface area contributed by atoms with Gasteiger partial charge in [-0.1, -0.05) is 53.0 Å². The third-order valence-corrected chi connectivity index (χ3v) is 5.50. The largest absolute Gasteiger partial charge is 0.496 e. The molecule has 2 aromatic carbocycles. The number of halogens is 3. The molecule has 2 rings (SSSR count). The van der Waals surface area contributed by atoms with Crippen molar-refractivity contribution in [3.63, 3.8) is 0 Å². The van der Waals surface area contributed by atoms with E-state index >= 15 is 0 Å². The normalized spacial score (nSPS) is 11.5. The van der Waals surface area contributed by atoms with Crippen LogP contribution in [0.3, 0.4) is 0 Å². The molecule has 0 aliphatic rings. The Balaban J connectivity index is 2.27. The van der Waals surface area contributed by atoms with Gasteiger partial charge < -0.3 is 4.74 Å². The van der Waals surface area contributed by atoms with Crippen LogP contribution in [-0.4, -0.2) is 15.5 Å². The minimum Gasteiger partial charge on any atom is -0.496 e. The fraction of sp³-hybridized carbons (Fsp3) is 0.143. The molecule has 0 heterocycles. The van der Waals surface area contributed by atoms with Crippen molar-refractivity contribution in [1.82, 2.24) is 4.72 Å². The molecule has 4 nitrogen and oxygen atoms in total. The molecule has 0 bridgehead atoms. The summed E-state index contributed by atoms with van der Waals surface area (Å²) in [6.45, 7) is 0.0585. The lowest BCUT2D eigenvalue weighted by Crippen LogP contribution is -2.23. The van der Waals surface area contributed by atoms with Crippen molar-refractivity contribution < 1.29 is 13.2 Å². The molecule has 0 radical (unpaired) electrons. The van der Waals surface area contributed by atoms with E-state index in [4.69, 9.17) is 39.5 Å². The molecule has 0 aliphatic heterocycles. The number of hydrogen-bond acceptors (Lipinski definition) is 3. The van der Waals surface area contributed by atoms with E-state index in [-0.39, 0.29) is 26.5 Å². The monoisotopic (exact) mass is 379 g/mol. The summed E-state index contributed by atoms with van der Waals surface area (Å²) in [4.78, 5) is -0.126. The highest BCUT2D eigenvalue weighted by atomic mass is 35.5. The first-order chi connectivity index (χ1) is 10.3. The standard InChI is InChI=1S/C14H12Cl3NO3S/c1-21-13-5-3-2-4-9(13)8-18-22(19,20)14-7-11(16)10(15)6-12(14)17/h2-7,18H,8H2,1H3. The number of methoxy groups -OCH3 is 1. The van der Waals surface area contributed by atoms with E-state index in [0.717, 1.165) is 0 Å². The van der Waals surface area contributed by atoms with Crippen LogP contribution in [0, 0.1) is 0 Å². The zero-order valence-corrected chi connectivity index (χ0v) is 14.5. The van der Waals surface area contributed by atoms with Crippen LogP contribution in [0.25, 0.3) is 0 Å². The van der Waals surface area contributed by atoms with Crippen molar-refractivity contribution in [2.24, 2.45) is 0 Å². The smallest absolute Gasteiger partial charge is 0.242 e. The molecule has 8 heteroatoms. The molecule has 0 saturated heterocycles. The van der Waals surface area contributed by atoms with Crippen LogP contribution < -0.4 is 9.46 Å². The predicted molar refractivity (Wildman–Crippen MR) is 88.5 cm³/mol. The molecule has 0 saturated carbocycles. The number of hydrogen-bond donors (Lipinski definition) is 1. The molecule has 22 heavy (non-hydrogen) atoms. The molecule has 0 aromatic heterocycles. The zero-order chi connectivity index (χ0) is 16.3. The van der Waals surface area contributed by atoms with Crippen LogP contribution in [0.4, 0.5) is 0 Å². The highest BCUT2D eigenvalue weighted by Crippen LogP contribution is 2.31. The Morgan fingerprint density at radius 3 is 2.36 bits per heavy atom. The predicted octanol–water partition coefficient (Wildman–Crippen LogP) is 4.13. The second kappa shape index (κ2) is 7.06. The van der Waals surface area contributed by atoms with Crippen molar-refractivity contribution in [3.05, 3.63) is 57.0 Å². The van der Waals surface area contributed by atoms with Crippen molar-refractivity contribution in [2.75, 3.05) is 7.11 Å². The lowest BCUT2D eigenvalue weighted by atomic mass is 10.2. The maximum atomic E-state index is 12.4. The molecule has 1 N–H and O–H groups in total. The molecule has 0 spiro atoms. The molecular weight excluding hydrogens is 369 g/mol. The summed E-state index contributed by atoms with van der Waals surface area (Å²) < 4.78 is 32.3. The van der Waals surface area contributed by atoms with Gasteiger partial charge in [0.1, 0.15) is 10.6 Å². The van der Waals surface area contributed by atoms with Crippen molar-refractivity contribution in [2.45, 2.75) is 11.4 Å². The van der Waals surface area contributed by atoms with E-state index in [0.29, 0.717) is 11.3 Å². The molecule has 0 atom stereocenters. The average Bonchev–Trinajstić information content (AvgIpc) is 2.49. The molecule has 0 aliphatic carbocycles. The SMILES string of the molecule is COc1ccccc1CNS(=O)(=O)c1cc(Cl)c(Cl)cc1Cl. The Labute approximate surface area is 144 Å². The Kier molecular flexibility index (Phi) is 5.58. The Hall–Kier alpha value is -0.980. The molecule has 0 unspecified atom stereocenters. The Bertz CT molecular complexity index is 794. The molecular formula is C14H12Cl3NO3S. The number of rotatable bonds is 5. The van der Waals surface area contributed by atoms with E-state index in [2.05, 4.69) is 4.72 Å². The summed E-state index contributed by atoms with van der Waals surface area (Å²) in [6, 6.07) is 9.61. The first-order valence-corrected chi connectivity index (χ1v) is 8.73. The van der Waals surface area contributed by atoms with Crippen molar-refractivity contribution in [3.8, 4) is 5.75 Å². The minimum absolute atomic E-state index is 0.00178. The van der Waals surface area contributed by atoms with Gasteiger partial charge in [0.25, 0.3) is 0 Å². The van der Waals surface area contributed by atoms with E-state index in [9.17, 15) is 8.42 Å². The summed E-state index contributed by atoms with van der Waals surface area (Å²) >= 11 is 17.6. The quantitative estimate of drug-likeness (QED) is 0.793. The fourth-order valence-corrected chi connectivity index (χ4v) is 3.82. The summed E-state index contributed by atoms with van der Waals surface area (Å²) in [5, 5.41) is 0.306. The van der Waals surface area contributed by atoms with E-state index in [1.807, 2.05) is 0 Å². The maximum absolute atomic E-state index is 12.4. The number of sulfonamides is 1. The summed E-state index contributed by atoms with van der Waals surface area (Å²) in [7, 11) is -2.32. The first kappa shape index (κ1) is 17.4. The average molecular weight is 381 g/mol. The van der Waals surface area contributed by atoms with Gasteiger partial charge in [0, 0.05) is 12.1 Å². The molecule has 118 valence electrons. The van der Waals surface area contributed by atoms with Crippen LogP contribution in [0.1, 0.15) is 5.56 Å². The fourth-order valence-electron chi connectivity index (χ4n) is 1.81. The van der Waals surface area contributed by atoms with Gasteiger partial charge in [-0.15, -0.1) is 0 Å². The number of ether oxygens (including phenoxy) is 1. The van der Waals surface area contributed by atoms with Gasteiger partial charge in [0.15, 0.2) is 0 Å². The van der Waals surface area contributed by atoms with Crippen molar-refractivity contribution >= 4 is 44.8 Å². The molecule has 0 amide bonds. The number of nitrogens with one attached hydrogen (secondary N) is 1. The van der Waals surface area contributed by atoms with Gasteiger partial charge in [0.2, 0.25) is 10.0 Å². The third-order valence-electron chi connectivity index (χ3n) is 2.91. The van der Waals surface area contributed by atoms with Gasteiger partial charge in [-0.3, -0.25) is 0 Å². The second-order valence-corrected chi connectivity index (χ2v) is 7.29. The maximum Gasteiger partial charge on any atom is 0.242 e. The summed E-state index contributed by atoms with van der Waals surface area (Å²) in [5.74, 6) is 0.588. The summed E-state index contributed by atoms with van der Waals surface area (Å²) in [5.41, 5.74) is 0.699. The topological polar surface area (TPSA) is 55.4 Å². The van der Waals surface area contributed by atoms with E-state index < -0.39 is 10.0 Å². The van der Waals surface area contributed by atoms with Gasteiger partial charge in [-0.05, 0) is 18.2 Å².